The number of ether oxygens (including phenoxy) is 5. The molecule has 0 spiro atoms. The Balaban J connectivity index is 0.000000202. The number of nitrogens with zero attached hydrogens (tertiary/aromatic N) is 11. The Morgan fingerprint density at radius 3 is 1.06 bits per heavy atom. The molecule has 6 aliphatic carbocycles. The van der Waals surface area contributed by atoms with E-state index < -0.39 is 28.8 Å². The number of aryl methyl sites for hydroxylation is 3. The number of hydrogen-bond donors (Lipinski definition) is 3. The van der Waals surface area contributed by atoms with Gasteiger partial charge in [0.25, 0.3) is 0 Å². The lowest BCUT2D eigenvalue weighted by atomic mass is 9.92. The first-order chi connectivity index (χ1) is 49.7. The molecule has 24 nitrogen and oxygen atoms in total. The number of pyridine rings is 2. The van der Waals surface area contributed by atoms with Gasteiger partial charge in [-0.25, -0.2) is 58.2 Å². The van der Waals surface area contributed by atoms with Crippen LogP contribution in [0.4, 0.5) is 30.0 Å². The summed E-state index contributed by atoms with van der Waals surface area (Å²) in [6.07, 6.45) is 23.2. The van der Waals surface area contributed by atoms with Crippen molar-refractivity contribution < 1.29 is 61.5 Å². The zero-order valence-electron chi connectivity index (χ0n) is 60.7. The van der Waals surface area contributed by atoms with E-state index in [2.05, 4.69) is 69.5 Å². The normalized spacial score (nSPS) is 21.2. The van der Waals surface area contributed by atoms with E-state index in [0.717, 1.165) is 175 Å². The van der Waals surface area contributed by atoms with Gasteiger partial charge in [-0.1, -0.05) is 29.7 Å². The fourth-order valence-corrected chi connectivity index (χ4v) is 18.9. The lowest BCUT2D eigenvalue weighted by Gasteiger charge is -2.35. The van der Waals surface area contributed by atoms with Crippen molar-refractivity contribution in [3.63, 3.8) is 0 Å². The molecule has 8 aromatic heterocycles. The molecule has 3 saturated carbocycles. The predicted molar refractivity (Wildman–Crippen MR) is 421 cm³/mol. The minimum Gasteiger partial charge on any atom is -0.481 e. The van der Waals surface area contributed by atoms with Crippen molar-refractivity contribution in [2.75, 3.05) is 38.8 Å². The zero-order chi connectivity index (χ0) is 73.7. The molecule has 108 heavy (non-hydrogen) atoms. The number of thiophene rings is 3. The first kappa shape index (κ1) is 85.2. The van der Waals surface area contributed by atoms with Crippen molar-refractivity contribution >= 4 is 106 Å². The van der Waals surface area contributed by atoms with Crippen LogP contribution in [0.5, 0.6) is 17.6 Å². The van der Waals surface area contributed by atoms with Crippen LogP contribution in [0.2, 0.25) is 0 Å². The third-order valence-corrected chi connectivity index (χ3v) is 23.8. The number of carbonyl (C=O) groups is 5. The standard InChI is InChI=1S/C28H34FN5O4S.C24H28FN5O2S.C23H31N3O5S.4CH4/c1-28(2,3)38-27(36)34(4)18-7-9-19(10-8-18)37-25-24-23-16(5-11-20(23)39-26(24)32-15-31-25)13-22(35)33-21-12-6-17(29)14-30-21;1-30(2)16-5-7-17(8-6-16)32-23-22-21-14(3-9-18(21)33-24(22)28-13-27-23)11-20(31)29-19-10-4-15(25)12-26-19;1-23(2,3)31-22(29)26(4)14-6-8-15(9-7-14)30-20-19-18-13(11-17(27)28)5-10-16(18)32-21(19)25-12-24-20;;;;/h6,12,14-16,18-19H,5,7-11,13H2,1-4H3,(H,30,33,35);4,10,12-14,16-17H,3,5-9,11H2,1-2H3,(H,26,29,31);12-15H,5-11H2,1-4H3,(H,27,28);4*1H4/t16-,18?,19?;14-,16?,17?;13-,14?,15?;;;;/m111..../s1. The maximum Gasteiger partial charge on any atom is 0.410 e. The summed E-state index contributed by atoms with van der Waals surface area (Å²) >= 11 is 4.94. The molecular formula is C79H109F2N13O11S3. The summed E-state index contributed by atoms with van der Waals surface area (Å²) in [5.74, 6) is 0.581. The third kappa shape index (κ3) is 20.9. The van der Waals surface area contributed by atoms with Crippen LogP contribution < -0.4 is 24.8 Å². The molecule has 14 rings (SSSR count). The molecule has 6 aliphatic rings. The predicted octanol–water partition coefficient (Wildman–Crippen LogP) is 17.7. The fourth-order valence-electron chi connectivity index (χ4n) is 15.2. The Kier molecular flexibility index (Phi) is 29.1. The van der Waals surface area contributed by atoms with Gasteiger partial charge in [-0.15, -0.1) is 34.0 Å². The molecule has 3 fully saturated rings. The molecule has 588 valence electrons. The number of carboxylic acids is 1. The maximum atomic E-state index is 13.2. The van der Waals surface area contributed by atoms with Crippen LogP contribution in [-0.2, 0) is 43.1 Å². The molecular weight excluding hydrogens is 1440 g/mol. The van der Waals surface area contributed by atoms with Crippen LogP contribution >= 0.6 is 34.0 Å². The molecule has 0 saturated heterocycles. The summed E-state index contributed by atoms with van der Waals surface area (Å²) in [6, 6.07) is 6.32. The van der Waals surface area contributed by atoms with Gasteiger partial charge in [0, 0.05) is 59.7 Å². The van der Waals surface area contributed by atoms with E-state index in [0.29, 0.717) is 41.7 Å². The van der Waals surface area contributed by atoms with Gasteiger partial charge in [-0.3, -0.25) is 14.4 Å². The maximum absolute atomic E-state index is 13.2. The second kappa shape index (κ2) is 36.9. The number of aromatic nitrogens is 8. The number of amides is 4. The van der Waals surface area contributed by atoms with E-state index in [9.17, 15) is 37.9 Å². The average molecular weight is 1550 g/mol. The van der Waals surface area contributed by atoms with Gasteiger partial charge in [0.05, 0.1) is 35.0 Å². The number of hydrogen-bond acceptors (Lipinski definition) is 22. The van der Waals surface area contributed by atoms with E-state index in [1.807, 2.05) is 41.5 Å². The van der Waals surface area contributed by atoms with Crippen LogP contribution in [0, 0.1) is 11.6 Å². The molecule has 3 N–H and O–H groups in total. The lowest BCUT2D eigenvalue weighted by Crippen LogP contribution is -2.43. The Hall–Kier alpha value is -8.41. The Bertz CT molecular complexity index is 4370. The van der Waals surface area contributed by atoms with Crippen LogP contribution in [0.15, 0.2) is 55.6 Å². The van der Waals surface area contributed by atoms with E-state index >= 15 is 0 Å². The average Bonchev–Trinajstić information content (AvgIpc) is 1.61. The van der Waals surface area contributed by atoms with Gasteiger partial charge in [-0.2, -0.15) is 0 Å². The minimum atomic E-state index is -0.783. The number of carboxylic acid groups (broad SMARTS) is 1. The number of aliphatic carboxylic acids is 1. The molecule has 0 radical (unpaired) electrons. The number of nitrogens with one attached hydrogen (secondary N) is 2. The van der Waals surface area contributed by atoms with Crippen molar-refractivity contribution in [2.24, 2.45) is 0 Å². The van der Waals surface area contributed by atoms with E-state index in [-0.39, 0.29) is 115 Å². The summed E-state index contributed by atoms with van der Waals surface area (Å²) in [5, 5.41) is 17.6. The smallest absolute Gasteiger partial charge is 0.410 e. The van der Waals surface area contributed by atoms with Crippen LogP contribution in [0.25, 0.3) is 30.6 Å². The lowest BCUT2D eigenvalue weighted by molar-refractivity contribution is -0.137. The summed E-state index contributed by atoms with van der Waals surface area (Å²) in [6.45, 7) is 11.2. The Morgan fingerprint density at radius 1 is 0.454 bits per heavy atom. The molecule has 0 unspecified atom stereocenters. The van der Waals surface area contributed by atoms with Crippen LogP contribution in [0.1, 0.15) is 236 Å². The molecule has 8 aromatic rings. The first-order valence-electron chi connectivity index (χ1n) is 36.1. The summed E-state index contributed by atoms with van der Waals surface area (Å²) in [4.78, 5) is 108. The van der Waals surface area contributed by atoms with Crippen LogP contribution in [-0.4, -0.2) is 165 Å². The minimum absolute atomic E-state index is 0. The molecule has 4 amide bonds. The monoisotopic (exact) mass is 1550 g/mol. The summed E-state index contributed by atoms with van der Waals surface area (Å²) in [7, 11) is 7.86. The van der Waals surface area contributed by atoms with Gasteiger partial charge in [0.2, 0.25) is 29.5 Å². The highest BCUT2D eigenvalue weighted by molar-refractivity contribution is 7.19. The third-order valence-electron chi connectivity index (χ3n) is 20.3. The van der Waals surface area contributed by atoms with Gasteiger partial charge in [-0.05, 0) is 230 Å². The van der Waals surface area contributed by atoms with Crippen molar-refractivity contribution in [1.29, 1.82) is 0 Å². The molecule has 0 bridgehead atoms. The highest BCUT2D eigenvalue weighted by Gasteiger charge is 2.38. The van der Waals surface area contributed by atoms with Crippen molar-refractivity contribution in [1.82, 2.24) is 54.6 Å². The molecule has 0 aliphatic heterocycles. The second-order valence-electron chi connectivity index (χ2n) is 30.2. The van der Waals surface area contributed by atoms with Crippen LogP contribution in [0.3, 0.4) is 0 Å². The SMILES string of the molecule is C.C.C.C.CN(C(=O)OC(C)(C)C)C1CCC(Oc2ncnc3sc4c(c23)[C@@H](CC(=O)Nc2ccc(F)cn2)CC4)CC1.CN(C(=O)OC(C)(C)C)C1CCC(Oc2ncnc3sc4c(c23)[C@@H](CC(=O)O)CC4)CC1.CN(C)C1CCC(Oc2ncnc3sc4c(c23)[C@@H](CC(=O)Nc2ccc(F)cn2)CC4)CC1. The Morgan fingerprint density at radius 2 is 0.769 bits per heavy atom. The fraction of sp³-hybridized carbons (Fsp3) is 0.582. The number of anilines is 2. The highest BCUT2D eigenvalue weighted by Crippen LogP contribution is 2.51. The number of rotatable bonds is 17. The molecule has 0 aromatic carbocycles. The van der Waals surface area contributed by atoms with Gasteiger partial charge < -0.3 is 54.1 Å². The number of fused-ring (bicyclic) bond motifs is 9. The summed E-state index contributed by atoms with van der Waals surface area (Å²) in [5.41, 5.74) is 2.30. The highest BCUT2D eigenvalue weighted by atomic mass is 32.1. The molecule has 8 heterocycles. The largest absolute Gasteiger partial charge is 0.481 e. The van der Waals surface area contributed by atoms with Crippen molar-refractivity contribution in [2.45, 2.75) is 271 Å². The Labute approximate surface area is 645 Å². The van der Waals surface area contributed by atoms with E-state index in [1.165, 1.54) is 51.6 Å². The molecule has 29 heteroatoms. The second-order valence-corrected chi connectivity index (χ2v) is 33.5. The quantitative estimate of drug-likeness (QED) is 0.0763. The van der Waals surface area contributed by atoms with Gasteiger partial charge >= 0.3 is 18.2 Å². The zero-order valence-corrected chi connectivity index (χ0v) is 63.1. The van der Waals surface area contributed by atoms with E-state index in [4.69, 9.17) is 23.7 Å². The topological polar surface area (TPSA) is 289 Å². The van der Waals surface area contributed by atoms with Crippen molar-refractivity contribution in [3.05, 3.63) is 98.6 Å². The summed E-state index contributed by atoms with van der Waals surface area (Å²) < 4.78 is 56.5. The first-order valence-corrected chi connectivity index (χ1v) is 38.5. The number of carbonyl (C=O) groups excluding carboxylic acids is 4. The van der Waals surface area contributed by atoms with E-state index in [1.54, 1.807) is 64.2 Å². The van der Waals surface area contributed by atoms with Gasteiger partial charge in [0.1, 0.15) is 86.3 Å². The number of halogens is 2. The molecule has 3 atom stereocenters. The van der Waals surface area contributed by atoms with Crippen molar-refractivity contribution in [3.8, 4) is 17.6 Å². The van der Waals surface area contributed by atoms with Gasteiger partial charge in [0.15, 0.2) is 0 Å².